The lowest BCUT2D eigenvalue weighted by atomic mass is 9.80. The number of hydrogen-bond donors (Lipinski definition) is 4. The van der Waals surface area contributed by atoms with E-state index in [9.17, 15) is 19.6 Å². The Labute approximate surface area is 219 Å². The summed E-state index contributed by atoms with van der Waals surface area (Å²) in [6, 6.07) is 13.8. The van der Waals surface area contributed by atoms with E-state index < -0.39 is 28.9 Å². The van der Waals surface area contributed by atoms with Crippen LogP contribution in [-0.4, -0.2) is 30.1 Å². The van der Waals surface area contributed by atoms with Crippen LogP contribution in [-0.2, 0) is 19.1 Å². The predicted molar refractivity (Wildman–Crippen MR) is 141 cm³/mol. The summed E-state index contributed by atoms with van der Waals surface area (Å²) in [5, 5.41) is 20.6. The SMILES string of the molecule is C#Cc1cccc(C2C(C(=O)Nc3ccc(C4=N[NH+]([O-])C(=O)CC4)cc3)=C(C)NC(N)=C2C(=O)OCC)c1. The van der Waals surface area contributed by atoms with Gasteiger partial charge in [-0.15, -0.1) is 6.42 Å². The highest BCUT2D eigenvalue weighted by atomic mass is 16.5. The smallest absolute Gasteiger partial charge is 0.338 e. The molecule has 10 nitrogen and oxygen atoms in total. The van der Waals surface area contributed by atoms with Gasteiger partial charge in [0, 0.05) is 34.5 Å². The Morgan fingerprint density at radius 2 is 1.97 bits per heavy atom. The van der Waals surface area contributed by atoms with Crippen LogP contribution in [0.1, 0.15) is 49.3 Å². The van der Waals surface area contributed by atoms with Crippen LogP contribution in [0, 0.1) is 17.6 Å². The molecule has 2 aromatic carbocycles. The second kappa shape index (κ2) is 11.1. The van der Waals surface area contributed by atoms with E-state index in [-0.39, 0.29) is 30.0 Å². The molecule has 0 spiro atoms. The van der Waals surface area contributed by atoms with Gasteiger partial charge >= 0.3 is 11.9 Å². The number of carbonyl (C=O) groups excluding carboxylic acids is 3. The fourth-order valence-corrected chi connectivity index (χ4v) is 4.47. The van der Waals surface area contributed by atoms with Gasteiger partial charge in [-0.05, 0) is 43.7 Å². The quantitative estimate of drug-likeness (QED) is 0.259. The molecule has 2 unspecified atom stereocenters. The van der Waals surface area contributed by atoms with Gasteiger partial charge in [0.1, 0.15) is 11.5 Å². The topological polar surface area (TPSA) is 150 Å². The van der Waals surface area contributed by atoms with Gasteiger partial charge in [0.2, 0.25) is 0 Å². The van der Waals surface area contributed by atoms with E-state index in [1.165, 1.54) is 0 Å². The maximum atomic E-state index is 13.6. The first kappa shape index (κ1) is 26.3. The standard InChI is InChI=1S/C28H27N5O5/c1-4-17-7-6-8-19(15-17)24-23(16(3)30-26(29)25(24)28(36)38-5-2)27(35)31-20-11-9-18(10-12-20)21-13-14-22(34)33(37)32-21/h1,6-12,15,24,30,33H,5,13-14,29H2,2-3H3,(H,31,35). The zero-order valence-corrected chi connectivity index (χ0v) is 21.0. The van der Waals surface area contributed by atoms with Crippen LogP contribution >= 0.6 is 0 Å². The first-order valence-electron chi connectivity index (χ1n) is 12.0. The molecule has 2 aliphatic rings. The van der Waals surface area contributed by atoms with Crippen LogP contribution in [0.3, 0.4) is 0 Å². The van der Waals surface area contributed by atoms with Crippen LogP contribution in [0.2, 0.25) is 0 Å². The molecule has 2 amide bonds. The maximum absolute atomic E-state index is 13.6. The van der Waals surface area contributed by atoms with Crippen LogP contribution in [0.5, 0.6) is 0 Å². The molecule has 5 N–H and O–H groups in total. The average Bonchev–Trinajstić information content (AvgIpc) is 2.90. The van der Waals surface area contributed by atoms with Crippen molar-refractivity contribution in [2.45, 2.75) is 32.6 Å². The van der Waals surface area contributed by atoms with E-state index in [0.29, 0.717) is 40.2 Å². The summed E-state index contributed by atoms with van der Waals surface area (Å²) in [7, 11) is 0. The first-order chi connectivity index (χ1) is 18.2. The fourth-order valence-electron chi connectivity index (χ4n) is 4.47. The second-order valence-electron chi connectivity index (χ2n) is 8.73. The number of nitrogens with two attached hydrogens (primary N) is 1. The number of nitrogens with zero attached hydrogens (tertiary/aromatic N) is 1. The summed E-state index contributed by atoms with van der Waals surface area (Å²) in [4.78, 5) is 38.1. The van der Waals surface area contributed by atoms with Crippen molar-refractivity contribution < 1.29 is 24.3 Å². The third-order valence-corrected chi connectivity index (χ3v) is 6.26. The Kier molecular flexibility index (Phi) is 7.71. The van der Waals surface area contributed by atoms with Gasteiger partial charge in [0.05, 0.1) is 24.5 Å². The highest BCUT2D eigenvalue weighted by Gasteiger charge is 2.38. The van der Waals surface area contributed by atoms with Gasteiger partial charge in [0.15, 0.2) is 0 Å². The van der Waals surface area contributed by atoms with Crippen LogP contribution in [0.15, 0.2) is 76.3 Å². The van der Waals surface area contributed by atoms with Crippen molar-refractivity contribution in [3.8, 4) is 12.3 Å². The number of hydrogen-bond acceptors (Lipinski definition) is 8. The van der Waals surface area contributed by atoms with Crippen molar-refractivity contribution in [1.29, 1.82) is 0 Å². The minimum Gasteiger partial charge on any atom is -0.599 e. The summed E-state index contributed by atoms with van der Waals surface area (Å²) >= 11 is 0. The largest absolute Gasteiger partial charge is 0.599 e. The lowest BCUT2D eigenvalue weighted by Crippen LogP contribution is -3.06. The Bertz CT molecular complexity index is 1430. The van der Waals surface area contributed by atoms with E-state index >= 15 is 0 Å². The molecule has 38 heavy (non-hydrogen) atoms. The monoisotopic (exact) mass is 513 g/mol. The van der Waals surface area contributed by atoms with Gasteiger partial charge in [-0.2, -0.15) is 5.17 Å². The van der Waals surface area contributed by atoms with Crippen molar-refractivity contribution >= 4 is 29.2 Å². The van der Waals surface area contributed by atoms with Crippen molar-refractivity contribution in [1.82, 2.24) is 5.32 Å². The van der Waals surface area contributed by atoms with E-state index in [1.54, 1.807) is 62.4 Å². The molecule has 0 fully saturated rings. The predicted octanol–water partition coefficient (Wildman–Crippen LogP) is 1.41. The van der Waals surface area contributed by atoms with E-state index in [1.807, 2.05) is 0 Å². The first-order valence-corrected chi connectivity index (χ1v) is 12.0. The molecular weight excluding hydrogens is 486 g/mol. The molecule has 4 rings (SSSR count). The molecule has 0 radical (unpaired) electrons. The van der Waals surface area contributed by atoms with Crippen molar-refractivity contribution in [3.63, 3.8) is 0 Å². The normalized spacial score (nSPS) is 19.3. The second-order valence-corrected chi connectivity index (χ2v) is 8.73. The molecule has 0 aliphatic carbocycles. The number of quaternary nitrogens is 1. The number of dihydropyridines is 1. The van der Waals surface area contributed by atoms with Gasteiger partial charge in [-0.25, -0.2) is 9.59 Å². The third kappa shape index (κ3) is 5.34. The van der Waals surface area contributed by atoms with E-state index in [0.717, 1.165) is 0 Å². The zero-order chi connectivity index (χ0) is 27.4. The number of esters is 1. The Balaban J connectivity index is 1.66. The lowest BCUT2D eigenvalue weighted by Gasteiger charge is -2.30. The molecule has 0 aromatic heterocycles. The van der Waals surface area contributed by atoms with E-state index in [2.05, 4.69) is 21.7 Å². The Morgan fingerprint density at radius 1 is 1.24 bits per heavy atom. The van der Waals surface area contributed by atoms with Gasteiger partial charge in [0.25, 0.3) is 5.91 Å². The van der Waals surface area contributed by atoms with Gasteiger partial charge in [-0.3, -0.25) is 4.79 Å². The summed E-state index contributed by atoms with van der Waals surface area (Å²) in [5.74, 6) is 0.245. The lowest BCUT2D eigenvalue weighted by molar-refractivity contribution is -0.773. The number of terminal acetylenes is 1. The van der Waals surface area contributed by atoms with Crippen molar-refractivity contribution in [3.05, 3.63) is 93.1 Å². The number of hydroxylamine groups is 1. The minimum atomic E-state index is -0.831. The van der Waals surface area contributed by atoms with Crippen LogP contribution < -0.4 is 21.5 Å². The average molecular weight is 514 g/mol. The molecule has 2 aliphatic heterocycles. The zero-order valence-electron chi connectivity index (χ0n) is 21.0. The highest BCUT2D eigenvalue weighted by Crippen LogP contribution is 2.38. The van der Waals surface area contributed by atoms with Gasteiger partial charge in [-0.1, -0.05) is 35.3 Å². The number of nitrogens with one attached hydrogen (secondary N) is 3. The molecule has 2 heterocycles. The summed E-state index contributed by atoms with van der Waals surface area (Å²) < 4.78 is 5.26. The third-order valence-electron chi connectivity index (χ3n) is 6.26. The number of rotatable bonds is 6. The summed E-state index contributed by atoms with van der Waals surface area (Å²) in [6.07, 6.45) is 6.09. The number of benzene rings is 2. The molecular formula is C28H27N5O5. The molecule has 0 saturated carbocycles. The highest BCUT2D eigenvalue weighted by molar-refractivity contribution is 6.09. The summed E-state index contributed by atoms with van der Waals surface area (Å²) in [6.45, 7) is 3.52. The number of allylic oxidation sites excluding steroid dienone is 1. The number of amides is 2. The van der Waals surface area contributed by atoms with E-state index in [4.69, 9.17) is 16.9 Å². The minimum absolute atomic E-state index is 0.0965. The van der Waals surface area contributed by atoms with Gasteiger partial charge < -0.3 is 26.3 Å². The Hall–Kier alpha value is -4.72. The number of ether oxygens (including phenoxy) is 1. The Morgan fingerprint density at radius 3 is 2.63 bits per heavy atom. The number of carbonyl (C=O) groups is 3. The molecule has 2 aromatic rings. The number of anilines is 1. The molecule has 10 heteroatoms. The molecule has 0 saturated heterocycles. The molecule has 2 atom stereocenters. The van der Waals surface area contributed by atoms with Crippen molar-refractivity contribution in [2.24, 2.45) is 10.8 Å². The maximum Gasteiger partial charge on any atom is 0.338 e. The summed E-state index contributed by atoms with van der Waals surface area (Å²) in [5.41, 5.74) is 9.98. The molecule has 0 bridgehead atoms. The van der Waals surface area contributed by atoms with Crippen molar-refractivity contribution in [2.75, 3.05) is 11.9 Å². The fraction of sp³-hybridized carbons (Fsp3) is 0.214. The van der Waals surface area contributed by atoms with Crippen LogP contribution in [0.25, 0.3) is 0 Å². The van der Waals surface area contributed by atoms with Crippen LogP contribution in [0.4, 0.5) is 5.69 Å². The molecule has 194 valence electrons.